The van der Waals surface area contributed by atoms with Crippen LogP contribution in [0.5, 0.6) is 5.75 Å². The van der Waals surface area contributed by atoms with Crippen LogP contribution in [0.15, 0.2) is 47.7 Å². The van der Waals surface area contributed by atoms with Crippen molar-refractivity contribution in [3.05, 3.63) is 53.0 Å². The average Bonchev–Trinajstić information content (AvgIpc) is 2.58. The summed E-state index contributed by atoms with van der Waals surface area (Å²) >= 11 is 0. The van der Waals surface area contributed by atoms with E-state index in [4.69, 9.17) is 0 Å². The van der Waals surface area contributed by atoms with E-state index in [2.05, 4.69) is 36.4 Å². The highest BCUT2D eigenvalue weighted by atomic mass is 16.3. The molecule has 3 nitrogen and oxygen atoms in total. The van der Waals surface area contributed by atoms with Crippen molar-refractivity contribution in [2.24, 2.45) is 5.18 Å². The van der Waals surface area contributed by atoms with Gasteiger partial charge in [-0.25, -0.2) is 0 Å². The number of rotatable bonds is 13. The zero-order valence-electron chi connectivity index (χ0n) is 14.9. The summed E-state index contributed by atoms with van der Waals surface area (Å²) in [6.45, 7) is 2.20. The average molecular weight is 329 g/mol. The lowest BCUT2D eigenvalue weighted by molar-refractivity contribution is 0.474. The van der Waals surface area contributed by atoms with Crippen molar-refractivity contribution in [2.75, 3.05) is 0 Å². The first-order valence-electron chi connectivity index (χ1n) is 9.22. The van der Waals surface area contributed by atoms with Gasteiger partial charge in [-0.05, 0) is 61.4 Å². The Morgan fingerprint density at radius 3 is 2.38 bits per heavy atom. The van der Waals surface area contributed by atoms with Gasteiger partial charge in [0.25, 0.3) is 0 Å². The zero-order valence-corrected chi connectivity index (χ0v) is 14.9. The summed E-state index contributed by atoms with van der Waals surface area (Å²) < 4.78 is 0. The quantitative estimate of drug-likeness (QED) is 0.241. The van der Waals surface area contributed by atoms with Gasteiger partial charge in [0.15, 0.2) is 0 Å². The zero-order chi connectivity index (χ0) is 17.5. The highest BCUT2D eigenvalue weighted by Gasteiger charge is 2.00. The monoisotopic (exact) mass is 329 g/mol. The minimum atomic E-state index is 0.124. The lowest BCUT2D eigenvalue weighted by atomic mass is 10.0. The van der Waals surface area contributed by atoms with Gasteiger partial charge in [0.2, 0.25) is 0 Å². The van der Waals surface area contributed by atoms with E-state index in [-0.39, 0.29) is 5.75 Å². The fourth-order valence-corrected chi connectivity index (χ4v) is 2.65. The van der Waals surface area contributed by atoms with Gasteiger partial charge in [-0.15, -0.1) is 4.91 Å². The van der Waals surface area contributed by atoms with Crippen molar-refractivity contribution < 1.29 is 5.11 Å². The Bertz CT molecular complexity index is 521. The molecular weight excluding hydrogens is 298 g/mol. The number of phenols is 1. The van der Waals surface area contributed by atoms with Crippen LogP contribution in [0.4, 0.5) is 5.69 Å². The molecule has 0 aromatic heterocycles. The molecule has 0 radical (unpaired) electrons. The first-order chi connectivity index (χ1) is 11.8. The van der Waals surface area contributed by atoms with Crippen LogP contribution < -0.4 is 0 Å². The van der Waals surface area contributed by atoms with Gasteiger partial charge in [0.1, 0.15) is 11.4 Å². The second-order valence-corrected chi connectivity index (χ2v) is 6.22. The van der Waals surface area contributed by atoms with Crippen LogP contribution in [0.25, 0.3) is 0 Å². The largest absolute Gasteiger partial charge is 0.508 e. The van der Waals surface area contributed by atoms with E-state index < -0.39 is 0 Å². The lowest BCUT2D eigenvalue weighted by Crippen LogP contribution is -1.86. The minimum absolute atomic E-state index is 0.124. The first-order valence-corrected chi connectivity index (χ1v) is 9.22. The predicted octanol–water partition coefficient (Wildman–Crippen LogP) is 6.98. The van der Waals surface area contributed by atoms with Crippen molar-refractivity contribution in [2.45, 2.75) is 71.1 Å². The fourth-order valence-electron chi connectivity index (χ4n) is 2.65. The van der Waals surface area contributed by atoms with E-state index in [9.17, 15) is 10.0 Å². The molecule has 0 heterocycles. The normalized spacial score (nSPS) is 11.5. The second kappa shape index (κ2) is 13.5. The molecule has 0 spiro atoms. The molecule has 0 aliphatic heterocycles. The molecule has 3 heteroatoms. The lowest BCUT2D eigenvalue weighted by Gasteiger charge is -2.03. The number of benzene rings is 1. The molecule has 1 N–H and O–H groups in total. The highest BCUT2D eigenvalue weighted by Crippen LogP contribution is 2.23. The number of hydrogen-bond donors (Lipinski definition) is 1. The molecule has 0 saturated carbocycles. The molecule has 1 rings (SSSR count). The third-order valence-electron chi connectivity index (χ3n) is 3.96. The van der Waals surface area contributed by atoms with E-state index in [1.807, 2.05) is 0 Å². The van der Waals surface area contributed by atoms with E-state index in [1.165, 1.54) is 51.0 Å². The molecule has 1 aromatic carbocycles. The summed E-state index contributed by atoms with van der Waals surface area (Å²) in [5, 5.41) is 12.4. The number of unbranched alkanes of at least 4 members (excludes halogenated alkanes) is 6. The van der Waals surface area contributed by atoms with Gasteiger partial charge >= 0.3 is 0 Å². The van der Waals surface area contributed by atoms with Crippen LogP contribution >= 0.6 is 0 Å². The van der Waals surface area contributed by atoms with Gasteiger partial charge in [0.05, 0.1) is 0 Å². The smallest absolute Gasteiger partial charge is 0.118 e. The molecule has 1 aromatic rings. The molecular formula is C21H31NO2. The van der Waals surface area contributed by atoms with Crippen LogP contribution in [0.1, 0.15) is 70.3 Å². The Morgan fingerprint density at radius 1 is 0.917 bits per heavy atom. The Labute approximate surface area is 146 Å². The summed E-state index contributed by atoms with van der Waals surface area (Å²) in [4.78, 5) is 10.5. The maximum absolute atomic E-state index is 10.5. The molecule has 0 unspecified atom stereocenters. The molecule has 0 fully saturated rings. The van der Waals surface area contributed by atoms with Crippen molar-refractivity contribution in [3.63, 3.8) is 0 Å². The number of hydrogen-bond acceptors (Lipinski definition) is 3. The number of allylic oxidation sites excluding steroid dienone is 4. The van der Waals surface area contributed by atoms with Gasteiger partial charge in [0, 0.05) is 6.07 Å². The second-order valence-electron chi connectivity index (χ2n) is 6.22. The van der Waals surface area contributed by atoms with Crippen molar-refractivity contribution >= 4 is 5.69 Å². The summed E-state index contributed by atoms with van der Waals surface area (Å²) in [6, 6.07) is 4.87. The predicted molar refractivity (Wildman–Crippen MR) is 103 cm³/mol. The summed E-state index contributed by atoms with van der Waals surface area (Å²) in [5.41, 5.74) is 1.30. The van der Waals surface area contributed by atoms with Gasteiger partial charge < -0.3 is 5.11 Å². The topological polar surface area (TPSA) is 49.7 Å². The van der Waals surface area contributed by atoms with Gasteiger partial charge in [-0.1, -0.05) is 56.9 Å². The van der Waals surface area contributed by atoms with E-state index in [1.54, 1.807) is 12.1 Å². The molecule has 0 aliphatic rings. The molecule has 0 saturated heterocycles. The van der Waals surface area contributed by atoms with Crippen molar-refractivity contribution in [1.82, 2.24) is 0 Å². The molecule has 0 amide bonds. The van der Waals surface area contributed by atoms with E-state index >= 15 is 0 Å². The van der Waals surface area contributed by atoms with Crippen LogP contribution in [-0.2, 0) is 6.42 Å². The summed E-state index contributed by atoms with van der Waals surface area (Å²) in [6.07, 6.45) is 20.6. The van der Waals surface area contributed by atoms with Crippen LogP contribution in [-0.4, -0.2) is 5.11 Å². The van der Waals surface area contributed by atoms with Crippen LogP contribution in [0.3, 0.4) is 0 Å². The van der Waals surface area contributed by atoms with E-state index in [0.717, 1.165) is 24.8 Å². The molecule has 24 heavy (non-hydrogen) atoms. The number of phenolic OH excluding ortho intramolecular Hbond substituents is 1. The maximum atomic E-state index is 10.5. The van der Waals surface area contributed by atoms with E-state index in [0.29, 0.717) is 5.69 Å². The third-order valence-corrected chi connectivity index (χ3v) is 3.96. The fraction of sp³-hybridized carbons (Fsp3) is 0.524. The number of nitrogens with zero attached hydrogens (tertiary/aromatic N) is 1. The Hall–Kier alpha value is -1.90. The standard InChI is InChI=1S/C21H31NO2/c1-2-3-4-5-6-7-8-9-10-11-12-13-14-15-19-16-20(22-24)18-21(23)17-19/h4-5,7-8,16-18,23H,2-3,6,9-15H2,1H3/b5-4-,8-7-. The van der Waals surface area contributed by atoms with Crippen LogP contribution in [0.2, 0.25) is 0 Å². The Kier molecular flexibility index (Phi) is 11.4. The Morgan fingerprint density at radius 2 is 1.62 bits per heavy atom. The van der Waals surface area contributed by atoms with Gasteiger partial charge in [-0.3, -0.25) is 0 Å². The highest BCUT2D eigenvalue weighted by molar-refractivity contribution is 5.46. The number of aryl methyl sites for hydroxylation is 1. The van der Waals surface area contributed by atoms with Gasteiger partial charge in [-0.2, -0.15) is 0 Å². The third kappa shape index (κ3) is 9.98. The molecule has 0 aliphatic carbocycles. The molecule has 132 valence electrons. The maximum Gasteiger partial charge on any atom is 0.118 e. The van der Waals surface area contributed by atoms with Crippen molar-refractivity contribution in [1.29, 1.82) is 0 Å². The van der Waals surface area contributed by atoms with Crippen LogP contribution in [0, 0.1) is 4.91 Å². The van der Waals surface area contributed by atoms with Crippen molar-refractivity contribution in [3.8, 4) is 5.75 Å². The number of nitroso groups, excluding NO2 is 1. The molecule has 0 bridgehead atoms. The number of aromatic hydroxyl groups is 1. The Balaban J connectivity index is 2.02. The minimum Gasteiger partial charge on any atom is -0.508 e. The SMILES string of the molecule is CCC/C=C\C/C=C\CCCCCCCc1cc(O)cc(N=O)c1. The summed E-state index contributed by atoms with van der Waals surface area (Å²) in [5.74, 6) is 0.124. The molecule has 0 atom stereocenters. The summed E-state index contributed by atoms with van der Waals surface area (Å²) in [7, 11) is 0. The first kappa shape index (κ1) is 20.1.